The Labute approximate surface area is 111 Å². The highest BCUT2D eigenvalue weighted by Crippen LogP contribution is 2.25. The maximum Gasteiger partial charge on any atom is 0.129 e. The van der Waals surface area contributed by atoms with Gasteiger partial charge < -0.3 is 5.32 Å². The van der Waals surface area contributed by atoms with E-state index in [1.807, 2.05) is 26.0 Å². The molecule has 0 fully saturated rings. The summed E-state index contributed by atoms with van der Waals surface area (Å²) in [6.45, 7) is 8.75. The fourth-order valence-electron chi connectivity index (χ4n) is 1.79. The Morgan fingerprint density at radius 2 is 2.24 bits per heavy atom. The average molecular weight is 300 g/mol. The summed E-state index contributed by atoms with van der Waals surface area (Å²) in [5.41, 5.74) is 1.86. The van der Waals surface area contributed by atoms with Crippen molar-refractivity contribution in [2.45, 2.75) is 32.7 Å². The van der Waals surface area contributed by atoms with Gasteiger partial charge in [-0.1, -0.05) is 34.5 Å². The number of rotatable bonds is 6. The number of benzene rings is 1. The first-order valence-corrected chi connectivity index (χ1v) is 6.66. The Morgan fingerprint density at radius 1 is 1.53 bits per heavy atom. The summed E-state index contributed by atoms with van der Waals surface area (Å²) < 4.78 is 14.6. The van der Waals surface area contributed by atoms with Gasteiger partial charge in [0.1, 0.15) is 5.82 Å². The minimum atomic E-state index is -0.160. The molecule has 1 atom stereocenters. The molecule has 17 heavy (non-hydrogen) atoms. The van der Waals surface area contributed by atoms with Gasteiger partial charge in [0.25, 0.3) is 0 Å². The van der Waals surface area contributed by atoms with E-state index in [-0.39, 0.29) is 11.9 Å². The molecule has 1 aromatic rings. The van der Waals surface area contributed by atoms with Gasteiger partial charge >= 0.3 is 0 Å². The second-order valence-corrected chi connectivity index (χ2v) is 5.19. The van der Waals surface area contributed by atoms with Gasteiger partial charge in [0.2, 0.25) is 0 Å². The molecule has 0 bridgehead atoms. The normalized spacial score (nSPS) is 12.5. The van der Waals surface area contributed by atoms with E-state index in [1.54, 1.807) is 0 Å². The molecule has 1 aromatic carbocycles. The topological polar surface area (TPSA) is 12.0 Å². The van der Waals surface area contributed by atoms with Crippen molar-refractivity contribution in [3.05, 3.63) is 46.2 Å². The Morgan fingerprint density at radius 3 is 2.76 bits per heavy atom. The van der Waals surface area contributed by atoms with Crippen molar-refractivity contribution in [3.63, 3.8) is 0 Å². The van der Waals surface area contributed by atoms with Gasteiger partial charge in [-0.2, -0.15) is 0 Å². The molecule has 1 rings (SSSR count). The van der Waals surface area contributed by atoms with Crippen LogP contribution in [0.2, 0.25) is 0 Å². The highest BCUT2D eigenvalue weighted by atomic mass is 79.9. The lowest BCUT2D eigenvalue weighted by Gasteiger charge is -2.19. The van der Waals surface area contributed by atoms with Crippen LogP contribution in [0.25, 0.3) is 0 Å². The Hall–Kier alpha value is -0.670. The number of allylic oxidation sites excluding steroid dienone is 1. The molecule has 0 aromatic heterocycles. The fraction of sp³-hybridized carbons (Fsp3) is 0.429. The van der Waals surface area contributed by atoms with Crippen molar-refractivity contribution in [2.24, 2.45) is 0 Å². The molecule has 94 valence electrons. The second-order valence-electron chi connectivity index (χ2n) is 4.27. The first-order valence-electron chi connectivity index (χ1n) is 5.87. The molecular weight excluding hydrogens is 281 g/mol. The molecule has 1 N–H and O–H groups in total. The van der Waals surface area contributed by atoms with E-state index in [4.69, 9.17) is 0 Å². The predicted octanol–water partition coefficient (Wildman–Crippen LogP) is 4.60. The van der Waals surface area contributed by atoms with Crippen LogP contribution in [0.15, 0.2) is 34.8 Å². The molecule has 0 radical (unpaired) electrons. The minimum absolute atomic E-state index is 0.0600. The number of halogens is 2. The molecule has 0 aliphatic carbocycles. The Bertz CT molecular complexity index is 390. The third kappa shape index (κ3) is 4.60. The van der Waals surface area contributed by atoms with E-state index in [0.29, 0.717) is 0 Å². The Balaban J connectivity index is 2.84. The van der Waals surface area contributed by atoms with Crippen LogP contribution in [-0.2, 0) is 0 Å². The van der Waals surface area contributed by atoms with Crippen LogP contribution < -0.4 is 5.32 Å². The minimum Gasteiger partial charge on any atom is -0.310 e. The zero-order chi connectivity index (χ0) is 12.8. The first-order chi connectivity index (χ1) is 8.04. The lowest BCUT2D eigenvalue weighted by molar-refractivity contribution is 0.484. The van der Waals surface area contributed by atoms with E-state index in [9.17, 15) is 4.39 Å². The summed E-state index contributed by atoms with van der Waals surface area (Å²) in [7, 11) is 0. The van der Waals surface area contributed by atoms with Gasteiger partial charge in [0, 0.05) is 16.1 Å². The maximum absolute atomic E-state index is 13.9. The third-order valence-electron chi connectivity index (χ3n) is 2.65. The summed E-state index contributed by atoms with van der Waals surface area (Å²) in [5.74, 6) is -0.160. The average Bonchev–Trinajstić information content (AvgIpc) is 2.24. The molecule has 0 aliphatic rings. The lowest BCUT2D eigenvalue weighted by atomic mass is 9.99. The predicted molar refractivity (Wildman–Crippen MR) is 74.6 cm³/mol. The van der Waals surface area contributed by atoms with Gasteiger partial charge in [-0.05, 0) is 38.4 Å². The molecule has 1 nitrogen and oxygen atoms in total. The second kappa shape index (κ2) is 6.92. The van der Waals surface area contributed by atoms with Crippen LogP contribution in [0.3, 0.4) is 0 Å². The highest BCUT2D eigenvalue weighted by Gasteiger charge is 2.14. The highest BCUT2D eigenvalue weighted by molar-refractivity contribution is 9.10. The summed E-state index contributed by atoms with van der Waals surface area (Å²) >= 11 is 3.27. The van der Waals surface area contributed by atoms with Crippen molar-refractivity contribution in [1.82, 2.24) is 5.32 Å². The van der Waals surface area contributed by atoms with Gasteiger partial charge in [-0.25, -0.2) is 4.39 Å². The van der Waals surface area contributed by atoms with E-state index < -0.39 is 0 Å². The van der Waals surface area contributed by atoms with Crippen molar-refractivity contribution in [1.29, 1.82) is 0 Å². The van der Waals surface area contributed by atoms with Gasteiger partial charge in [-0.15, -0.1) is 6.58 Å². The van der Waals surface area contributed by atoms with Crippen LogP contribution in [-0.4, -0.2) is 6.54 Å². The molecule has 3 heteroatoms. The monoisotopic (exact) mass is 299 g/mol. The van der Waals surface area contributed by atoms with Crippen LogP contribution in [0.5, 0.6) is 0 Å². The SMILES string of the molecule is C=C(C)CCC(NCC)c1ccc(Br)cc1F. The molecule has 0 heterocycles. The standard InChI is InChI=1S/C14H19BrFN/c1-4-17-14(8-5-10(2)3)12-7-6-11(15)9-13(12)16/h6-7,9,14,17H,2,4-5,8H2,1,3H3. The van der Waals surface area contributed by atoms with Gasteiger partial charge in [0.15, 0.2) is 0 Å². The van der Waals surface area contributed by atoms with Crippen molar-refractivity contribution < 1.29 is 4.39 Å². The van der Waals surface area contributed by atoms with Gasteiger partial charge in [-0.3, -0.25) is 0 Å². The lowest BCUT2D eigenvalue weighted by Crippen LogP contribution is -2.22. The summed E-state index contributed by atoms with van der Waals surface area (Å²) in [4.78, 5) is 0. The molecular formula is C14H19BrFN. The zero-order valence-electron chi connectivity index (χ0n) is 10.4. The Kier molecular flexibility index (Phi) is 5.86. The maximum atomic E-state index is 13.9. The third-order valence-corrected chi connectivity index (χ3v) is 3.14. The molecule has 0 saturated heterocycles. The van der Waals surface area contributed by atoms with E-state index in [0.717, 1.165) is 35.0 Å². The number of nitrogens with one attached hydrogen (secondary N) is 1. The molecule has 1 unspecified atom stereocenters. The van der Waals surface area contributed by atoms with Crippen LogP contribution >= 0.6 is 15.9 Å². The smallest absolute Gasteiger partial charge is 0.129 e. The van der Waals surface area contributed by atoms with E-state index in [1.165, 1.54) is 6.07 Å². The first kappa shape index (κ1) is 14.4. The molecule has 0 amide bonds. The fourth-order valence-corrected chi connectivity index (χ4v) is 2.12. The van der Waals surface area contributed by atoms with E-state index >= 15 is 0 Å². The quantitative estimate of drug-likeness (QED) is 0.757. The molecule has 0 spiro atoms. The summed E-state index contributed by atoms with van der Waals surface area (Å²) in [6, 6.07) is 5.29. The van der Waals surface area contributed by atoms with Crippen LogP contribution in [0.4, 0.5) is 4.39 Å². The van der Waals surface area contributed by atoms with Gasteiger partial charge in [0.05, 0.1) is 0 Å². The summed E-state index contributed by atoms with van der Waals surface area (Å²) in [5, 5.41) is 3.32. The van der Waals surface area contributed by atoms with Crippen molar-refractivity contribution >= 4 is 15.9 Å². The van der Waals surface area contributed by atoms with E-state index in [2.05, 4.69) is 27.8 Å². The van der Waals surface area contributed by atoms with Crippen LogP contribution in [0, 0.1) is 5.82 Å². The van der Waals surface area contributed by atoms with Crippen LogP contribution in [0.1, 0.15) is 38.3 Å². The summed E-state index contributed by atoms with van der Waals surface area (Å²) in [6.07, 6.45) is 1.79. The number of hydrogen-bond donors (Lipinski definition) is 1. The molecule has 0 aliphatic heterocycles. The van der Waals surface area contributed by atoms with Crippen molar-refractivity contribution in [2.75, 3.05) is 6.54 Å². The largest absolute Gasteiger partial charge is 0.310 e. The molecule has 0 saturated carbocycles. The van der Waals surface area contributed by atoms with Crippen molar-refractivity contribution in [3.8, 4) is 0 Å². The zero-order valence-corrected chi connectivity index (χ0v) is 12.0. The number of hydrogen-bond acceptors (Lipinski definition) is 1.